The third-order valence-corrected chi connectivity index (χ3v) is 6.68. The highest BCUT2D eigenvalue weighted by Gasteiger charge is 2.23. The molecule has 0 heterocycles. The van der Waals surface area contributed by atoms with Gasteiger partial charge in [-0.2, -0.15) is 0 Å². The molecular weight excluding hydrogens is 235 g/mol. The molecule has 1 rings (SSSR count). The van der Waals surface area contributed by atoms with Gasteiger partial charge in [-0.1, -0.05) is 65.8 Å². The van der Waals surface area contributed by atoms with E-state index in [1.807, 2.05) is 0 Å². The molecule has 0 aromatic heterocycles. The predicted octanol–water partition coefficient (Wildman–Crippen LogP) is 5.69. The van der Waals surface area contributed by atoms with Crippen molar-refractivity contribution in [3.05, 3.63) is 24.3 Å². The van der Waals surface area contributed by atoms with E-state index in [0.29, 0.717) is 10.8 Å². The highest BCUT2D eigenvalue weighted by Crippen LogP contribution is 2.47. The van der Waals surface area contributed by atoms with Crippen LogP contribution in [0.2, 0.25) is 0 Å². The van der Waals surface area contributed by atoms with Gasteiger partial charge in [0, 0.05) is 0 Å². The van der Waals surface area contributed by atoms with Gasteiger partial charge < -0.3 is 0 Å². The SMILES string of the molecule is CC(C)(C)CP(CCC1C=CC=C1)CC(C)(C)C. The number of rotatable bonds is 5. The van der Waals surface area contributed by atoms with Gasteiger partial charge in [-0.3, -0.25) is 0 Å². The quantitative estimate of drug-likeness (QED) is 0.560. The molecule has 18 heavy (non-hydrogen) atoms. The van der Waals surface area contributed by atoms with Crippen LogP contribution < -0.4 is 0 Å². The average molecular weight is 266 g/mol. The van der Waals surface area contributed by atoms with Gasteiger partial charge in [-0.15, -0.1) is 7.92 Å². The molecule has 0 saturated carbocycles. The molecule has 0 amide bonds. The Labute approximate surface area is 116 Å². The first-order valence-electron chi connectivity index (χ1n) is 7.23. The Morgan fingerprint density at radius 1 is 0.833 bits per heavy atom. The molecule has 0 aromatic carbocycles. The minimum absolute atomic E-state index is 0.179. The molecule has 0 aromatic rings. The van der Waals surface area contributed by atoms with Crippen LogP contribution in [-0.4, -0.2) is 18.5 Å². The van der Waals surface area contributed by atoms with Crippen LogP contribution >= 0.6 is 7.92 Å². The molecule has 0 nitrogen and oxygen atoms in total. The van der Waals surface area contributed by atoms with Crippen LogP contribution in [0.5, 0.6) is 0 Å². The number of allylic oxidation sites excluding steroid dienone is 4. The summed E-state index contributed by atoms with van der Waals surface area (Å²) in [6.07, 6.45) is 14.7. The minimum Gasteiger partial charge on any atom is -0.106 e. The van der Waals surface area contributed by atoms with Crippen LogP contribution in [0.3, 0.4) is 0 Å². The summed E-state index contributed by atoms with van der Waals surface area (Å²) in [5.74, 6) is 0.718. The van der Waals surface area contributed by atoms with Gasteiger partial charge >= 0.3 is 0 Å². The summed E-state index contributed by atoms with van der Waals surface area (Å²) in [6.45, 7) is 14.3. The summed E-state index contributed by atoms with van der Waals surface area (Å²) in [4.78, 5) is 0. The lowest BCUT2D eigenvalue weighted by molar-refractivity contribution is 0.458. The van der Waals surface area contributed by atoms with Crippen molar-refractivity contribution < 1.29 is 0 Å². The van der Waals surface area contributed by atoms with Gasteiger partial charge in [0.2, 0.25) is 0 Å². The molecule has 0 radical (unpaired) electrons. The van der Waals surface area contributed by atoms with Crippen LogP contribution in [0.1, 0.15) is 48.0 Å². The molecule has 1 aliphatic rings. The van der Waals surface area contributed by atoms with Crippen molar-refractivity contribution in [2.45, 2.75) is 48.0 Å². The van der Waals surface area contributed by atoms with E-state index in [1.165, 1.54) is 24.9 Å². The van der Waals surface area contributed by atoms with Gasteiger partial charge in [0.05, 0.1) is 0 Å². The normalized spacial score (nSPS) is 17.1. The van der Waals surface area contributed by atoms with E-state index < -0.39 is 0 Å². The minimum atomic E-state index is 0.179. The summed E-state index contributed by atoms with van der Waals surface area (Å²) < 4.78 is 0. The highest BCUT2D eigenvalue weighted by atomic mass is 31.1. The van der Waals surface area contributed by atoms with E-state index in [0.717, 1.165) is 5.92 Å². The fraction of sp³-hybridized carbons (Fsp3) is 0.765. The second-order valence-corrected chi connectivity index (χ2v) is 10.5. The monoisotopic (exact) mass is 266 g/mol. The molecule has 1 heteroatoms. The summed E-state index contributed by atoms with van der Waals surface area (Å²) in [6, 6.07) is 0. The summed E-state index contributed by atoms with van der Waals surface area (Å²) in [5, 5.41) is 0. The summed E-state index contributed by atoms with van der Waals surface area (Å²) >= 11 is 0. The molecule has 0 N–H and O–H groups in total. The van der Waals surface area contributed by atoms with E-state index in [1.54, 1.807) is 0 Å². The Kier molecular flexibility index (Phi) is 5.66. The third kappa shape index (κ3) is 7.37. The number of hydrogen-bond acceptors (Lipinski definition) is 0. The van der Waals surface area contributed by atoms with Crippen molar-refractivity contribution in [2.24, 2.45) is 16.7 Å². The van der Waals surface area contributed by atoms with E-state index in [4.69, 9.17) is 0 Å². The molecule has 0 atom stereocenters. The fourth-order valence-electron chi connectivity index (χ4n) is 2.56. The van der Waals surface area contributed by atoms with Crippen molar-refractivity contribution in [2.75, 3.05) is 18.5 Å². The maximum absolute atomic E-state index is 2.39. The zero-order valence-corrected chi connectivity index (χ0v) is 14.1. The van der Waals surface area contributed by atoms with Crippen LogP contribution in [0.15, 0.2) is 24.3 Å². The second kappa shape index (κ2) is 6.38. The molecule has 0 saturated heterocycles. The van der Waals surface area contributed by atoms with E-state index in [9.17, 15) is 0 Å². The van der Waals surface area contributed by atoms with E-state index >= 15 is 0 Å². The Bertz CT molecular complexity index is 271. The van der Waals surface area contributed by atoms with Crippen LogP contribution in [0.25, 0.3) is 0 Å². The molecule has 0 unspecified atom stereocenters. The van der Waals surface area contributed by atoms with Gasteiger partial charge in [-0.05, 0) is 41.7 Å². The lowest BCUT2D eigenvalue weighted by atomic mass is 10.00. The molecule has 104 valence electrons. The molecular formula is C17H31P. The van der Waals surface area contributed by atoms with Crippen molar-refractivity contribution in [3.8, 4) is 0 Å². The largest absolute Gasteiger partial charge is 0.106 e. The first-order valence-corrected chi connectivity index (χ1v) is 9.13. The maximum atomic E-state index is 2.39. The van der Waals surface area contributed by atoms with Crippen molar-refractivity contribution in [1.82, 2.24) is 0 Å². The third-order valence-electron chi connectivity index (χ3n) is 3.00. The first-order chi connectivity index (χ1) is 8.16. The summed E-state index contributed by atoms with van der Waals surface area (Å²) in [7, 11) is 0.179. The zero-order chi connectivity index (χ0) is 13.8. The highest BCUT2D eigenvalue weighted by molar-refractivity contribution is 7.57. The van der Waals surface area contributed by atoms with E-state index in [-0.39, 0.29) is 7.92 Å². The van der Waals surface area contributed by atoms with Gasteiger partial charge in [-0.25, -0.2) is 0 Å². The second-order valence-electron chi connectivity index (χ2n) is 8.05. The lowest BCUT2D eigenvalue weighted by Crippen LogP contribution is -2.18. The Morgan fingerprint density at radius 2 is 1.28 bits per heavy atom. The lowest BCUT2D eigenvalue weighted by Gasteiger charge is -2.32. The predicted molar refractivity (Wildman–Crippen MR) is 86.8 cm³/mol. The van der Waals surface area contributed by atoms with Crippen molar-refractivity contribution >= 4 is 7.92 Å². The Balaban J connectivity index is 2.48. The maximum Gasteiger partial charge on any atom is -0.00439 e. The molecule has 0 spiro atoms. The zero-order valence-electron chi connectivity index (χ0n) is 13.2. The van der Waals surface area contributed by atoms with Crippen LogP contribution in [0.4, 0.5) is 0 Å². The Morgan fingerprint density at radius 3 is 1.67 bits per heavy atom. The van der Waals surface area contributed by atoms with Gasteiger partial charge in [0.1, 0.15) is 0 Å². The van der Waals surface area contributed by atoms with Crippen molar-refractivity contribution in [3.63, 3.8) is 0 Å². The Hall–Kier alpha value is -0.0900. The first kappa shape index (κ1) is 16.0. The van der Waals surface area contributed by atoms with Gasteiger partial charge in [0.15, 0.2) is 0 Å². The standard InChI is InChI=1S/C17H31P/c1-16(2,3)13-18(14-17(4,5)6)12-11-15-9-7-8-10-15/h7-10,15H,11-14H2,1-6H3. The summed E-state index contributed by atoms with van der Waals surface area (Å²) in [5.41, 5.74) is 0.969. The molecule has 1 aliphatic carbocycles. The molecule has 0 bridgehead atoms. The van der Waals surface area contributed by atoms with Crippen LogP contribution in [-0.2, 0) is 0 Å². The molecule has 0 aliphatic heterocycles. The molecule has 0 fully saturated rings. The average Bonchev–Trinajstić information content (AvgIpc) is 2.61. The van der Waals surface area contributed by atoms with Gasteiger partial charge in [0.25, 0.3) is 0 Å². The van der Waals surface area contributed by atoms with E-state index in [2.05, 4.69) is 65.8 Å². The fourth-order valence-corrected chi connectivity index (χ4v) is 6.33. The number of hydrogen-bond donors (Lipinski definition) is 0. The smallest absolute Gasteiger partial charge is 0.00439 e. The van der Waals surface area contributed by atoms with Crippen molar-refractivity contribution in [1.29, 1.82) is 0 Å². The van der Waals surface area contributed by atoms with Crippen LogP contribution in [0, 0.1) is 16.7 Å². The topological polar surface area (TPSA) is 0 Å².